The number of nitrogens with zero attached hydrogens (tertiary/aromatic N) is 10. The maximum absolute atomic E-state index is 9.40. The minimum atomic E-state index is -0.708. The molecular formula is C140H124N10. The molecule has 10 heteroatoms. The van der Waals surface area contributed by atoms with Crippen molar-refractivity contribution in [3.63, 3.8) is 0 Å². The van der Waals surface area contributed by atoms with E-state index in [1.54, 1.807) is 77.6 Å². The molecule has 734 valence electrons. The molecule has 10 aromatic heterocycles. The third-order valence-corrected chi connectivity index (χ3v) is 26.6. The van der Waals surface area contributed by atoms with Crippen LogP contribution in [0.4, 0.5) is 0 Å². The summed E-state index contributed by atoms with van der Waals surface area (Å²) >= 11 is 0. The first kappa shape index (κ1) is 60.9. The van der Waals surface area contributed by atoms with E-state index < -0.39 is 131 Å². The van der Waals surface area contributed by atoms with Crippen molar-refractivity contribution in [1.82, 2.24) is 45.7 Å². The zero-order chi connectivity index (χ0) is 137. The first-order valence-corrected chi connectivity index (χ1v) is 49.4. The third kappa shape index (κ3) is 18.1. The molecular weight excluding hydrogens is 1820 g/mol. The lowest BCUT2D eigenvalue weighted by Gasteiger charge is -2.24. The van der Waals surface area contributed by atoms with Gasteiger partial charge >= 0.3 is 0 Å². The van der Waals surface area contributed by atoms with Crippen molar-refractivity contribution in [2.24, 2.45) is 0 Å². The van der Waals surface area contributed by atoms with Crippen molar-refractivity contribution in [2.75, 3.05) is 0 Å². The zero-order valence-corrected chi connectivity index (χ0v) is 84.8. The Morgan fingerprint density at radius 3 is 0.827 bits per heavy atom. The number of benzene rings is 17. The fourth-order valence-electron chi connectivity index (χ4n) is 19.5. The van der Waals surface area contributed by atoms with Gasteiger partial charge < -0.3 is 45.7 Å². The molecule has 150 heavy (non-hydrogen) atoms. The topological polar surface area (TPSA) is 49.3 Å². The molecule has 0 radical (unpaired) electrons. The first-order chi connectivity index (χ1) is 89.3. The van der Waals surface area contributed by atoms with Gasteiger partial charge in [0.25, 0.3) is 0 Å². The standard InChI is InChI=1S/C34H24N2.C30H32N2.C28H28N2.2C24H20N2/c1-3-12-25(13-4-1)31-23-35(33-20-9-7-18-29(31)33)27-16-11-17-28(22-27)36-24-32(26-14-5-2-6-15-26)30-19-8-10-21-34(30)36;1-29(2,3)27-18-21-12-7-9-16-25(21)31(27)23-14-11-15-24(20-23)32-26-17-10-8-13-22(26)19-28(32)30(4,5)6;1-19(2)25-17-29(27-14-7-5-12-23(25)27)21-10-9-11-22(16-21)30-18-26(20(3)4)24-13-6-8-15-28(24)30;2*1-17-15-25(23-12-5-3-10-21(17)23)19-8-7-9-20(14-19)26-16-18(2)22-11-4-6-13-24(22)26/h1-24H;7-20H,1-6H3;5-20H,1-4H3;2*3-16H,1-2H3/i16D,17D,22D;7D,8D,9D,10D,12D,13D,16D,17D,18D,19D;17D,18D;3D,4D,5D,6D,7D,8D,9D,10D,11D,12D,13D,14D,15D,16D;3D,4D,5D,6D,10D,11D,12D,13D,15D,16D. The van der Waals surface area contributed by atoms with Crippen LogP contribution in [-0.2, 0) is 10.8 Å². The molecule has 0 bridgehead atoms. The van der Waals surface area contributed by atoms with Gasteiger partial charge in [-0.2, -0.15) is 0 Å². The Kier molecular flexibility index (Phi) is 16.2. The molecule has 0 aliphatic carbocycles. The van der Waals surface area contributed by atoms with E-state index in [0.717, 1.165) is 97.5 Å². The third-order valence-electron chi connectivity index (χ3n) is 26.6. The average molecular weight is 1990 g/mol. The molecule has 0 saturated heterocycles. The second kappa shape index (κ2) is 39.8. The van der Waals surface area contributed by atoms with Gasteiger partial charge in [-0.1, -0.05) is 342 Å². The van der Waals surface area contributed by atoms with Gasteiger partial charge in [-0.05, 0) is 247 Å². The Morgan fingerprint density at radius 2 is 0.487 bits per heavy atom. The maximum atomic E-state index is 9.40. The number of aryl methyl sites for hydroxylation is 4. The highest BCUT2D eigenvalue weighted by molar-refractivity contribution is 6.00. The first-order valence-electron chi connectivity index (χ1n) is 68.9. The van der Waals surface area contributed by atoms with Gasteiger partial charge in [0.2, 0.25) is 0 Å². The van der Waals surface area contributed by atoms with Crippen LogP contribution in [-0.4, -0.2) is 45.7 Å². The number of hydrogen-bond acceptors (Lipinski definition) is 0. The monoisotopic (exact) mass is 1980 g/mol. The van der Waals surface area contributed by atoms with Gasteiger partial charge in [-0.25, -0.2) is 0 Å². The van der Waals surface area contributed by atoms with Crippen LogP contribution in [0.5, 0.6) is 0 Å². The van der Waals surface area contributed by atoms with E-state index in [1.165, 1.54) is 23.0 Å². The van der Waals surface area contributed by atoms with Crippen molar-refractivity contribution in [1.29, 1.82) is 0 Å². The van der Waals surface area contributed by atoms with Gasteiger partial charge in [0.1, 0.15) is 0 Å². The van der Waals surface area contributed by atoms with E-state index in [1.807, 2.05) is 175 Å². The summed E-state index contributed by atoms with van der Waals surface area (Å²) in [6, 6.07) is 65.0. The average Bonchev–Trinajstić information content (AvgIpc) is 1.54. The summed E-state index contributed by atoms with van der Waals surface area (Å²) in [5, 5.41) is 5.13. The molecule has 10 nitrogen and oxygen atoms in total. The summed E-state index contributed by atoms with van der Waals surface area (Å²) in [5.74, 6) is 0.525. The second-order valence-corrected chi connectivity index (χ2v) is 39.4. The normalized spacial score (nSPS) is 15.4. The van der Waals surface area contributed by atoms with Gasteiger partial charge in [0.15, 0.2) is 0 Å². The fourth-order valence-corrected chi connectivity index (χ4v) is 19.5. The molecule has 27 rings (SSSR count). The predicted molar refractivity (Wildman–Crippen MR) is 636 cm³/mol. The van der Waals surface area contributed by atoms with Crippen molar-refractivity contribution in [2.45, 2.75) is 120 Å². The Bertz CT molecular complexity index is 11600. The van der Waals surface area contributed by atoms with Gasteiger partial charge in [0, 0.05) is 194 Å². The molecule has 0 atom stereocenters. The smallest absolute Gasteiger partial charge is 0.0825 e. The summed E-state index contributed by atoms with van der Waals surface area (Å²) in [7, 11) is 0. The Morgan fingerprint density at radius 1 is 0.213 bits per heavy atom. The van der Waals surface area contributed by atoms with Crippen LogP contribution in [0.1, 0.15) is 179 Å². The summed E-state index contributed by atoms with van der Waals surface area (Å²) in [6.45, 7) is 26.2. The highest BCUT2D eigenvalue weighted by atomic mass is 15.1. The van der Waals surface area contributed by atoms with Crippen LogP contribution in [0.25, 0.3) is 188 Å². The van der Waals surface area contributed by atoms with E-state index in [4.69, 9.17) is 52.1 Å². The molecule has 0 fully saturated rings. The minimum Gasteiger partial charge on any atom is -0.316 e. The summed E-state index contributed by atoms with van der Waals surface area (Å²) < 4.78 is 349. The molecule has 0 saturated carbocycles. The molecule has 10 heterocycles. The molecule has 17 aromatic carbocycles. The van der Waals surface area contributed by atoms with Gasteiger partial charge in [-0.15, -0.1) is 0 Å². The van der Waals surface area contributed by atoms with Crippen molar-refractivity contribution in [3.05, 3.63) is 530 Å². The quantitative estimate of drug-likeness (QED) is 0.104. The fraction of sp³-hybridized carbons (Fsp3) is 0.129. The number of hydrogen-bond donors (Lipinski definition) is 0. The highest BCUT2D eigenvalue weighted by Crippen LogP contribution is 2.43. The van der Waals surface area contributed by atoms with Crippen molar-refractivity contribution < 1.29 is 53.5 Å². The maximum Gasteiger partial charge on any atom is 0.0825 e. The molecule has 0 unspecified atom stereocenters. The largest absolute Gasteiger partial charge is 0.316 e. The van der Waals surface area contributed by atoms with Crippen LogP contribution in [0, 0.1) is 27.7 Å². The van der Waals surface area contributed by atoms with Crippen LogP contribution >= 0.6 is 0 Å². The summed E-state index contributed by atoms with van der Waals surface area (Å²) in [4.78, 5) is 0. The van der Waals surface area contributed by atoms with Crippen molar-refractivity contribution in [3.8, 4) is 79.1 Å². The van der Waals surface area contributed by atoms with Gasteiger partial charge in [0.05, 0.1) is 109 Å². The molecule has 27 aromatic rings. The van der Waals surface area contributed by atoms with E-state index in [0.29, 0.717) is 69.0 Å². The number of fused-ring (bicyclic) bond motifs is 10. The van der Waals surface area contributed by atoms with E-state index >= 15 is 0 Å². The lowest BCUT2D eigenvalue weighted by atomic mass is 9.91. The molecule has 0 aliphatic heterocycles. The zero-order valence-electron chi connectivity index (χ0n) is 124. The highest BCUT2D eigenvalue weighted by Gasteiger charge is 2.27. The van der Waals surface area contributed by atoms with Crippen molar-refractivity contribution >= 4 is 109 Å². The molecule has 0 spiro atoms. The van der Waals surface area contributed by atoms with E-state index in [-0.39, 0.29) is 204 Å². The Balaban J connectivity index is 0.000000123. The van der Waals surface area contributed by atoms with E-state index in [9.17, 15) is 1.37 Å². The number of para-hydroxylation sites is 10. The van der Waals surface area contributed by atoms with Crippen LogP contribution in [0.15, 0.2) is 485 Å². The molecule has 0 amide bonds. The molecule has 0 N–H and O–H groups in total. The molecule has 0 aliphatic rings. The summed E-state index contributed by atoms with van der Waals surface area (Å²) in [6.07, 6.45) is 4.35. The SMILES string of the molecule is [2H]c1c(C(C)C)c2ccccc2n1-c1cccc(-n2c([2H])c(C(C)C)c3ccccc32)c1.[2H]c1c([2H])c(-n2c([2H])c(C)c3c([2H])c([2H])c([2H])c([2H])c32)c([2H])c(-n2c([2H])c(C)c3c([2H])c([2H])c([2H])c([2H])c32)c1[2H].[2H]c1c([2H])c([2H])c2c(c1[2H])c(C)c([2H])n2-c1cccc(-n2c([2H])c(C)c3c([2H])c([2H])c([2H])c([2H])c32)c1.[2H]c1c([2H])c([2H])c2c(c1[2H])c([2H])c(C(C)(C)C)n2-c1cccc(-n2c(C(C)(C)C)c([2H])c3c([2H])c([2H])c([2H])c([2H])c32)c1.[2H]c1cc([2H])c(-n2cc(-c3ccccc3)c3ccccc32)c([2H])c1-n1cc(-c2ccccc2)c2ccccc21. The van der Waals surface area contributed by atoms with E-state index in [2.05, 4.69) is 107 Å². The Hall–Kier alpha value is -17.9. The van der Waals surface area contributed by atoms with Crippen LogP contribution < -0.4 is 0 Å². The number of aromatic nitrogens is 10. The Labute approximate surface area is 933 Å². The van der Waals surface area contributed by atoms with Crippen LogP contribution in [0.2, 0.25) is 0 Å². The number of rotatable bonds is 14. The second-order valence-electron chi connectivity index (χ2n) is 39.4. The van der Waals surface area contributed by atoms with Gasteiger partial charge in [-0.3, -0.25) is 0 Å². The predicted octanol–water partition coefficient (Wildman–Crippen LogP) is 37.3. The lowest BCUT2D eigenvalue weighted by molar-refractivity contribution is 0.558. The van der Waals surface area contributed by atoms with Crippen LogP contribution in [0.3, 0.4) is 0 Å². The summed E-state index contributed by atoms with van der Waals surface area (Å²) in [5.41, 5.74) is 15.2. The minimum absolute atomic E-state index is 0.00397. The lowest BCUT2D eigenvalue weighted by Crippen LogP contribution is -2.18.